The van der Waals surface area contributed by atoms with Crippen molar-refractivity contribution in [1.29, 1.82) is 0 Å². The number of carboxylic acids is 1. The molecule has 1 N–H and O–H groups in total. The third-order valence-electron chi connectivity index (χ3n) is 7.01. The zero-order chi connectivity index (χ0) is 24.7. The summed E-state index contributed by atoms with van der Waals surface area (Å²) >= 11 is 0. The van der Waals surface area contributed by atoms with E-state index in [4.69, 9.17) is 10.1 Å². The van der Waals surface area contributed by atoms with Gasteiger partial charge in [0.15, 0.2) is 0 Å². The first-order valence-electron chi connectivity index (χ1n) is 11.4. The number of hydrogen-bond donors (Lipinski definition) is 1. The highest BCUT2D eigenvalue weighted by molar-refractivity contribution is 6.46. The molecule has 8 heteroatoms. The molecule has 2 aliphatic rings. The highest BCUT2D eigenvalue weighted by atomic mass is 19.4. The molecule has 1 aliphatic heterocycles. The quantitative estimate of drug-likeness (QED) is 0.610. The molecule has 34 heavy (non-hydrogen) atoms. The summed E-state index contributed by atoms with van der Waals surface area (Å²) in [6, 6.07) is 11.3. The number of nitrogens with zero attached hydrogens (tertiary/aromatic N) is 2. The Kier molecular flexibility index (Phi) is 6.27. The van der Waals surface area contributed by atoms with Gasteiger partial charge in [-0.3, -0.25) is 9.79 Å². The number of halogens is 3. The van der Waals surface area contributed by atoms with Crippen LogP contribution in [0.3, 0.4) is 0 Å². The number of rotatable bonds is 6. The van der Waals surface area contributed by atoms with Crippen LogP contribution in [0.15, 0.2) is 53.5 Å². The number of carbonyl (C=O) groups excluding carboxylic acids is 1. The van der Waals surface area contributed by atoms with Crippen molar-refractivity contribution in [1.82, 2.24) is 4.90 Å². The molecule has 1 heterocycles. The lowest BCUT2D eigenvalue weighted by Gasteiger charge is -2.33. The SMILES string of the molecule is CC(C)C1CCC2(C1)N=C(c1cccc(C(F)(F)F)c1)C(=O)N2CCc1ccc(C(=O)O)cc1. The summed E-state index contributed by atoms with van der Waals surface area (Å²) in [5.41, 5.74) is -0.242. The average Bonchev–Trinajstić information content (AvgIpc) is 3.34. The molecule has 0 saturated heterocycles. The monoisotopic (exact) mass is 472 g/mol. The average molecular weight is 473 g/mol. The first-order valence-corrected chi connectivity index (χ1v) is 11.4. The first-order chi connectivity index (χ1) is 16.0. The molecule has 1 spiro atoms. The van der Waals surface area contributed by atoms with Crippen molar-refractivity contribution in [3.63, 3.8) is 0 Å². The minimum atomic E-state index is -4.51. The van der Waals surface area contributed by atoms with Crippen LogP contribution in [0.2, 0.25) is 0 Å². The molecule has 0 aromatic heterocycles. The van der Waals surface area contributed by atoms with E-state index in [0.29, 0.717) is 37.6 Å². The molecule has 1 fully saturated rings. The minimum absolute atomic E-state index is 0.0803. The molecule has 0 radical (unpaired) electrons. The largest absolute Gasteiger partial charge is 0.478 e. The number of aliphatic imine (C=N–C) groups is 1. The Hall–Kier alpha value is -3.16. The topological polar surface area (TPSA) is 70.0 Å². The van der Waals surface area contributed by atoms with E-state index >= 15 is 0 Å². The molecule has 2 atom stereocenters. The molecule has 0 bridgehead atoms. The van der Waals surface area contributed by atoms with E-state index in [2.05, 4.69) is 13.8 Å². The van der Waals surface area contributed by atoms with Gasteiger partial charge in [0.25, 0.3) is 5.91 Å². The van der Waals surface area contributed by atoms with E-state index in [1.165, 1.54) is 24.3 Å². The third kappa shape index (κ3) is 4.58. The highest BCUT2D eigenvalue weighted by Gasteiger charge is 2.51. The van der Waals surface area contributed by atoms with Gasteiger partial charge in [-0.25, -0.2) is 4.79 Å². The maximum atomic E-state index is 13.5. The van der Waals surface area contributed by atoms with Crippen LogP contribution in [0.1, 0.15) is 60.2 Å². The van der Waals surface area contributed by atoms with E-state index in [0.717, 1.165) is 24.1 Å². The van der Waals surface area contributed by atoms with Gasteiger partial charge < -0.3 is 10.0 Å². The Morgan fingerprint density at radius 2 is 1.91 bits per heavy atom. The van der Waals surface area contributed by atoms with Crippen LogP contribution in [0.5, 0.6) is 0 Å². The maximum absolute atomic E-state index is 13.5. The molecule has 2 aromatic carbocycles. The maximum Gasteiger partial charge on any atom is 0.416 e. The second kappa shape index (κ2) is 8.89. The zero-order valence-corrected chi connectivity index (χ0v) is 19.1. The predicted octanol–water partition coefficient (Wildman–Crippen LogP) is 5.43. The van der Waals surface area contributed by atoms with Gasteiger partial charge in [-0.15, -0.1) is 0 Å². The molecule has 2 aromatic rings. The Morgan fingerprint density at radius 1 is 1.21 bits per heavy atom. The first kappa shape index (κ1) is 24.0. The van der Waals surface area contributed by atoms with Crippen LogP contribution in [0, 0.1) is 11.8 Å². The fourth-order valence-electron chi connectivity index (χ4n) is 4.98. The molecule has 2 unspecified atom stereocenters. The van der Waals surface area contributed by atoms with Crippen molar-refractivity contribution in [2.24, 2.45) is 16.8 Å². The van der Waals surface area contributed by atoms with E-state index in [1.54, 1.807) is 17.0 Å². The van der Waals surface area contributed by atoms with E-state index in [9.17, 15) is 22.8 Å². The van der Waals surface area contributed by atoms with Crippen molar-refractivity contribution in [2.75, 3.05) is 6.54 Å². The Balaban J connectivity index is 1.63. The summed E-state index contributed by atoms with van der Waals surface area (Å²) in [6.45, 7) is 4.61. The van der Waals surface area contributed by atoms with Crippen LogP contribution >= 0.6 is 0 Å². The second-order valence-electron chi connectivity index (χ2n) is 9.48. The number of alkyl halides is 3. The molecule has 1 amide bonds. The number of amides is 1. The number of carboxylic acid groups (broad SMARTS) is 1. The summed E-state index contributed by atoms with van der Waals surface area (Å²) in [5, 5.41) is 9.09. The van der Waals surface area contributed by atoms with Gasteiger partial charge in [0.2, 0.25) is 0 Å². The van der Waals surface area contributed by atoms with Crippen LogP contribution < -0.4 is 0 Å². The van der Waals surface area contributed by atoms with Crippen LogP contribution in [0.25, 0.3) is 0 Å². The number of benzene rings is 2. The lowest BCUT2D eigenvalue weighted by atomic mass is 9.93. The summed E-state index contributed by atoms with van der Waals surface area (Å²) in [7, 11) is 0. The molecule has 1 aliphatic carbocycles. The predicted molar refractivity (Wildman–Crippen MR) is 122 cm³/mol. The fourth-order valence-corrected chi connectivity index (χ4v) is 4.98. The van der Waals surface area contributed by atoms with Gasteiger partial charge in [-0.2, -0.15) is 13.2 Å². The molecular formula is C26H27F3N2O3. The van der Waals surface area contributed by atoms with Crippen molar-refractivity contribution in [3.8, 4) is 0 Å². The summed E-state index contributed by atoms with van der Waals surface area (Å²) in [5.74, 6) is -0.585. The third-order valence-corrected chi connectivity index (χ3v) is 7.01. The van der Waals surface area contributed by atoms with E-state index in [-0.39, 0.29) is 22.7 Å². The van der Waals surface area contributed by atoms with Gasteiger partial charge in [-0.05, 0) is 67.3 Å². The van der Waals surface area contributed by atoms with Crippen molar-refractivity contribution < 1.29 is 27.9 Å². The summed E-state index contributed by atoms with van der Waals surface area (Å²) in [4.78, 5) is 31.1. The Labute approximate surface area is 196 Å². The fraction of sp³-hybridized carbons (Fsp3) is 0.423. The van der Waals surface area contributed by atoms with E-state index in [1.807, 2.05) is 0 Å². The molecule has 180 valence electrons. The van der Waals surface area contributed by atoms with Crippen LogP contribution in [0.4, 0.5) is 13.2 Å². The normalized spacial score (nSPS) is 22.6. The number of aromatic carboxylic acids is 1. The number of carbonyl (C=O) groups is 2. The van der Waals surface area contributed by atoms with Crippen molar-refractivity contribution in [2.45, 2.75) is 51.4 Å². The zero-order valence-electron chi connectivity index (χ0n) is 19.1. The van der Waals surface area contributed by atoms with Gasteiger partial charge in [-0.1, -0.05) is 38.1 Å². The lowest BCUT2D eigenvalue weighted by molar-refractivity contribution is -0.137. The highest BCUT2D eigenvalue weighted by Crippen LogP contribution is 2.46. The molecule has 4 rings (SSSR count). The van der Waals surface area contributed by atoms with Crippen molar-refractivity contribution >= 4 is 17.6 Å². The van der Waals surface area contributed by atoms with Gasteiger partial charge in [0.1, 0.15) is 11.4 Å². The molecule has 1 saturated carbocycles. The van der Waals surface area contributed by atoms with Crippen LogP contribution in [-0.2, 0) is 17.4 Å². The van der Waals surface area contributed by atoms with Crippen molar-refractivity contribution in [3.05, 3.63) is 70.8 Å². The standard InChI is InChI=1S/C26H27F3N2O3/c1-16(2)20-10-12-25(15-20)30-22(19-4-3-5-21(14-19)26(27,28)29)23(32)31(25)13-11-17-6-8-18(9-7-17)24(33)34/h3-9,14,16,20H,10-13,15H2,1-2H3,(H,33,34). The van der Waals surface area contributed by atoms with Gasteiger partial charge in [0, 0.05) is 12.1 Å². The minimum Gasteiger partial charge on any atom is -0.478 e. The smallest absolute Gasteiger partial charge is 0.416 e. The lowest BCUT2D eigenvalue weighted by Crippen LogP contribution is -2.46. The summed E-state index contributed by atoms with van der Waals surface area (Å²) < 4.78 is 39.8. The number of hydrogen-bond acceptors (Lipinski definition) is 3. The second-order valence-corrected chi connectivity index (χ2v) is 9.48. The van der Waals surface area contributed by atoms with Gasteiger partial charge in [0.05, 0.1) is 11.1 Å². The van der Waals surface area contributed by atoms with Gasteiger partial charge >= 0.3 is 12.1 Å². The summed E-state index contributed by atoms with van der Waals surface area (Å²) in [6.07, 6.45) is -1.77. The Morgan fingerprint density at radius 3 is 2.50 bits per heavy atom. The Bertz CT molecular complexity index is 1120. The molecular weight excluding hydrogens is 445 g/mol. The van der Waals surface area contributed by atoms with Crippen LogP contribution in [-0.4, -0.2) is 39.8 Å². The molecule has 5 nitrogen and oxygen atoms in total. The van der Waals surface area contributed by atoms with E-state index < -0.39 is 23.4 Å².